The maximum atomic E-state index is 11.2. The fourth-order valence-electron chi connectivity index (χ4n) is 1.14. The summed E-state index contributed by atoms with van der Waals surface area (Å²) in [4.78, 5) is 11.2. The Labute approximate surface area is 84.1 Å². The van der Waals surface area contributed by atoms with Crippen LogP contribution in [0.2, 0.25) is 0 Å². The van der Waals surface area contributed by atoms with Crippen molar-refractivity contribution in [3.8, 4) is 0 Å². The van der Waals surface area contributed by atoms with Crippen molar-refractivity contribution in [1.29, 1.82) is 0 Å². The predicted molar refractivity (Wildman–Crippen MR) is 56.6 cm³/mol. The van der Waals surface area contributed by atoms with E-state index in [9.17, 15) is 4.79 Å². The zero-order valence-corrected chi connectivity index (χ0v) is 8.54. The highest BCUT2D eigenvalue weighted by Gasteiger charge is 2.04. The van der Waals surface area contributed by atoms with E-state index >= 15 is 0 Å². The van der Waals surface area contributed by atoms with Crippen LogP contribution in [0.4, 0.5) is 5.69 Å². The molecule has 3 heteroatoms. The quantitative estimate of drug-likeness (QED) is 0.745. The first-order valence-corrected chi connectivity index (χ1v) is 4.70. The number of anilines is 1. The van der Waals surface area contributed by atoms with Crippen molar-refractivity contribution in [2.24, 2.45) is 0 Å². The van der Waals surface area contributed by atoms with Crippen LogP contribution < -0.4 is 5.32 Å². The second kappa shape index (κ2) is 5.27. The molecule has 0 aliphatic heterocycles. The molecule has 0 radical (unpaired) electrons. The molecule has 1 rings (SSSR count). The Kier molecular flexibility index (Phi) is 3.98. The lowest BCUT2D eigenvalue weighted by Gasteiger charge is -2.05. The molecule has 0 aliphatic carbocycles. The van der Waals surface area contributed by atoms with Crippen LogP contribution in [-0.4, -0.2) is 19.6 Å². The molecule has 0 unspecified atom stereocenters. The van der Waals surface area contributed by atoms with E-state index in [-0.39, 0.29) is 5.97 Å². The standard InChI is InChI=1S/C11H15NO2/c1-3-7-12-10-6-4-5-9(8-10)11(13)14-2/h4-6,8,12H,3,7H2,1-2H3. The molecule has 3 nitrogen and oxygen atoms in total. The number of esters is 1. The highest BCUT2D eigenvalue weighted by molar-refractivity contribution is 5.90. The molecule has 76 valence electrons. The summed E-state index contributed by atoms with van der Waals surface area (Å²) in [5.41, 5.74) is 1.53. The second-order valence-electron chi connectivity index (χ2n) is 3.00. The maximum Gasteiger partial charge on any atom is 0.337 e. The van der Waals surface area contributed by atoms with Crippen LogP contribution in [0.3, 0.4) is 0 Å². The Morgan fingerprint density at radius 2 is 2.29 bits per heavy atom. The van der Waals surface area contributed by atoms with E-state index in [0.717, 1.165) is 18.7 Å². The molecule has 14 heavy (non-hydrogen) atoms. The van der Waals surface area contributed by atoms with Crippen molar-refractivity contribution in [2.75, 3.05) is 19.0 Å². The van der Waals surface area contributed by atoms with Gasteiger partial charge in [-0.05, 0) is 24.6 Å². The topological polar surface area (TPSA) is 38.3 Å². The summed E-state index contributed by atoms with van der Waals surface area (Å²) in [5.74, 6) is -0.301. The molecular weight excluding hydrogens is 178 g/mol. The molecule has 0 fully saturated rings. The molecular formula is C11H15NO2. The number of ether oxygens (including phenoxy) is 1. The minimum Gasteiger partial charge on any atom is -0.465 e. The van der Waals surface area contributed by atoms with Crippen LogP contribution in [0.1, 0.15) is 23.7 Å². The number of methoxy groups -OCH3 is 1. The van der Waals surface area contributed by atoms with Gasteiger partial charge in [-0.1, -0.05) is 13.0 Å². The molecule has 0 aromatic heterocycles. The average molecular weight is 193 g/mol. The van der Waals surface area contributed by atoms with Gasteiger partial charge in [-0.25, -0.2) is 4.79 Å². The Bertz CT molecular complexity index is 310. The zero-order valence-electron chi connectivity index (χ0n) is 8.54. The van der Waals surface area contributed by atoms with Gasteiger partial charge in [0.15, 0.2) is 0 Å². The molecule has 0 heterocycles. The lowest BCUT2D eigenvalue weighted by Crippen LogP contribution is -2.04. The van der Waals surface area contributed by atoms with E-state index in [0.29, 0.717) is 5.56 Å². The van der Waals surface area contributed by atoms with Gasteiger partial charge in [-0.2, -0.15) is 0 Å². The first-order chi connectivity index (χ1) is 6.77. The number of benzene rings is 1. The van der Waals surface area contributed by atoms with Crippen LogP contribution in [0, 0.1) is 0 Å². The predicted octanol–water partition coefficient (Wildman–Crippen LogP) is 2.30. The fraction of sp³-hybridized carbons (Fsp3) is 0.364. The van der Waals surface area contributed by atoms with E-state index < -0.39 is 0 Å². The largest absolute Gasteiger partial charge is 0.465 e. The van der Waals surface area contributed by atoms with Gasteiger partial charge in [-0.15, -0.1) is 0 Å². The maximum absolute atomic E-state index is 11.2. The van der Waals surface area contributed by atoms with Crippen molar-refractivity contribution in [1.82, 2.24) is 0 Å². The van der Waals surface area contributed by atoms with Gasteiger partial charge in [0.25, 0.3) is 0 Å². The molecule has 1 N–H and O–H groups in total. The SMILES string of the molecule is CCCNc1cccc(C(=O)OC)c1. The third-order valence-electron chi connectivity index (χ3n) is 1.86. The molecule has 0 amide bonds. The fourth-order valence-corrected chi connectivity index (χ4v) is 1.14. The Morgan fingerprint density at radius 1 is 1.50 bits per heavy atom. The van der Waals surface area contributed by atoms with Crippen LogP contribution in [-0.2, 0) is 4.74 Å². The van der Waals surface area contributed by atoms with Crippen molar-refractivity contribution in [2.45, 2.75) is 13.3 Å². The Hall–Kier alpha value is -1.51. The molecule has 1 aromatic carbocycles. The highest BCUT2D eigenvalue weighted by atomic mass is 16.5. The summed E-state index contributed by atoms with van der Waals surface area (Å²) in [5, 5.41) is 3.21. The van der Waals surface area contributed by atoms with Gasteiger partial charge in [0.05, 0.1) is 12.7 Å². The van der Waals surface area contributed by atoms with Crippen molar-refractivity contribution in [3.05, 3.63) is 29.8 Å². The summed E-state index contributed by atoms with van der Waals surface area (Å²) in [6.45, 7) is 3.00. The van der Waals surface area contributed by atoms with Crippen molar-refractivity contribution in [3.63, 3.8) is 0 Å². The molecule has 0 saturated heterocycles. The summed E-state index contributed by atoms with van der Waals surface area (Å²) < 4.78 is 4.63. The van der Waals surface area contributed by atoms with Crippen molar-refractivity contribution >= 4 is 11.7 Å². The minimum absolute atomic E-state index is 0.301. The summed E-state index contributed by atoms with van der Waals surface area (Å²) in [6.07, 6.45) is 1.06. The van der Waals surface area contributed by atoms with Crippen LogP contribution >= 0.6 is 0 Å². The average Bonchev–Trinajstić information content (AvgIpc) is 2.25. The van der Waals surface area contributed by atoms with E-state index in [2.05, 4.69) is 17.0 Å². The molecule has 0 saturated carbocycles. The molecule has 0 bridgehead atoms. The van der Waals surface area contributed by atoms with E-state index in [1.807, 2.05) is 12.1 Å². The third-order valence-corrected chi connectivity index (χ3v) is 1.86. The van der Waals surface area contributed by atoms with Crippen LogP contribution in [0.5, 0.6) is 0 Å². The smallest absolute Gasteiger partial charge is 0.337 e. The van der Waals surface area contributed by atoms with Gasteiger partial charge < -0.3 is 10.1 Å². The van der Waals surface area contributed by atoms with Crippen LogP contribution in [0.15, 0.2) is 24.3 Å². The zero-order chi connectivity index (χ0) is 10.4. The second-order valence-corrected chi connectivity index (χ2v) is 3.00. The van der Waals surface area contributed by atoms with E-state index in [1.165, 1.54) is 7.11 Å². The molecule has 1 aromatic rings. The van der Waals surface area contributed by atoms with E-state index in [4.69, 9.17) is 0 Å². The first-order valence-electron chi connectivity index (χ1n) is 4.70. The van der Waals surface area contributed by atoms with Gasteiger partial charge in [0.1, 0.15) is 0 Å². The number of hydrogen-bond acceptors (Lipinski definition) is 3. The summed E-state index contributed by atoms with van der Waals surface area (Å²) in [6, 6.07) is 7.30. The summed E-state index contributed by atoms with van der Waals surface area (Å²) >= 11 is 0. The number of hydrogen-bond donors (Lipinski definition) is 1. The number of carbonyl (C=O) groups is 1. The lowest BCUT2D eigenvalue weighted by molar-refractivity contribution is 0.0601. The minimum atomic E-state index is -0.301. The molecule has 0 aliphatic rings. The first kappa shape index (κ1) is 10.6. The Morgan fingerprint density at radius 3 is 2.93 bits per heavy atom. The lowest BCUT2D eigenvalue weighted by atomic mass is 10.2. The van der Waals surface area contributed by atoms with Crippen LogP contribution in [0.25, 0.3) is 0 Å². The molecule has 0 spiro atoms. The monoisotopic (exact) mass is 193 g/mol. The van der Waals surface area contributed by atoms with Gasteiger partial charge in [0, 0.05) is 12.2 Å². The normalized spacial score (nSPS) is 9.57. The number of nitrogens with one attached hydrogen (secondary N) is 1. The summed E-state index contributed by atoms with van der Waals surface area (Å²) in [7, 11) is 1.38. The number of carbonyl (C=O) groups excluding carboxylic acids is 1. The Balaban J connectivity index is 2.73. The van der Waals surface area contributed by atoms with Gasteiger partial charge >= 0.3 is 5.97 Å². The van der Waals surface area contributed by atoms with E-state index in [1.54, 1.807) is 12.1 Å². The highest BCUT2D eigenvalue weighted by Crippen LogP contribution is 2.11. The number of rotatable bonds is 4. The van der Waals surface area contributed by atoms with Crippen molar-refractivity contribution < 1.29 is 9.53 Å². The molecule has 0 atom stereocenters. The van der Waals surface area contributed by atoms with Gasteiger partial charge in [0.2, 0.25) is 0 Å². The third kappa shape index (κ3) is 2.76. The van der Waals surface area contributed by atoms with Gasteiger partial charge in [-0.3, -0.25) is 0 Å².